The summed E-state index contributed by atoms with van der Waals surface area (Å²) < 4.78 is 5.49. The van der Waals surface area contributed by atoms with Crippen LogP contribution in [0.15, 0.2) is 41.0 Å². The molecule has 2 aromatic heterocycles. The molecule has 3 aromatic rings. The van der Waals surface area contributed by atoms with Crippen LogP contribution >= 0.6 is 11.6 Å². The van der Waals surface area contributed by atoms with Crippen LogP contribution in [0, 0.1) is 0 Å². The van der Waals surface area contributed by atoms with Gasteiger partial charge in [0.15, 0.2) is 0 Å². The smallest absolute Gasteiger partial charge is 0.222 e. The number of hydrogen-bond acceptors (Lipinski definition) is 5. The first-order chi connectivity index (χ1) is 10.7. The van der Waals surface area contributed by atoms with Gasteiger partial charge in [0.1, 0.15) is 11.6 Å². The summed E-state index contributed by atoms with van der Waals surface area (Å²) in [4.78, 5) is 8.74. The first-order valence-corrected chi connectivity index (χ1v) is 7.34. The Balaban J connectivity index is 1.79. The fourth-order valence-corrected chi connectivity index (χ4v) is 2.84. The highest BCUT2D eigenvalue weighted by Gasteiger charge is 2.24. The van der Waals surface area contributed by atoms with Gasteiger partial charge in [-0.25, -0.2) is 4.98 Å². The molecule has 6 heteroatoms. The minimum absolute atomic E-state index is 0.240. The van der Waals surface area contributed by atoms with Crippen LogP contribution in [0.2, 0.25) is 5.02 Å². The number of nitrogens with two attached hydrogens (primary N) is 1. The number of furan rings is 1. The quantitative estimate of drug-likeness (QED) is 0.752. The maximum atomic E-state index is 5.92. The molecule has 0 amide bonds. The number of halogens is 1. The topological polar surface area (TPSA) is 77.0 Å². The Morgan fingerprint density at radius 1 is 1.09 bits per heavy atom. The molecule has 0 saturated heterocycles. The Labute approximate surface area is 132 Å². The zero-order valence-electron chi connectivity index (χ0n) is 11.6. The minimum Gasteiger partial charge on any atom is -0.469 e. The van der Waals surface area contributed by atoms with Crippen molar-refractivity contribution in [2.24, 2.45) is 0 Å². The summed E-state index contributed by atoms with van der Waals surface area (Å²) in [5, 5.41) is 4.00. The SMILES string of the molecule is Nc1nc(Nc2ccc(Cl)cc2)c2c(n1)-c1ccoc1CC2. The highest BCUT2D eigenvalue weighted by Crippen LogP contribution is 2.37. The van der Waals surface area contributed by atoms with Gasteiger partial charge in [0.25, 0.3) is 0 Å². The Kier molecular flexibility index (Phi) is 3.01. The van der Waals surface area contributed by atoms with Gasteiger partial charge in [0.2, 0.25) is 5.95 Å². The van der Waals surface area contributed by atoms with Gasteiger partial charge < -0.3 is 15.5 Å². The number of fused-ring (bicyclic) bond motifs is 3. The van der Waals surface area contributed by atoms with E-state index in [0.29, 0.717) is 5.02 Å². The van der Waals surface area contributed by atoms with E-state index in [-0.39, 0.29) is 5.95 Å². The van der Waals surface area contributed by atoms with E-state index in [1.54, 1.807) is 6.26 Å². The van der Waals surface area contributed by atoms with Crippen LogP contribution in [0.4, 0.5) is 17.5 Å². The summed E-state index contributed by atoms with van der Waals surface area (Å²) in [6, 6.07) is 9.38. The first-order valence-electron chi connectivity index (χ1n) is 6.96. The van der Waals surface area contributed by atoms with E-state index >= 15 is 0 Å². The van der Waals surface area contributed by atoms with Gasteiger partial charge in [-0.1, -0.05) is 11.6 Å². The van der Waals surface area contributed by atoms with E-state index in [2.05, 4.69) is 15.3 Å². The number of nitrogens with zero attached hydrogens (tertiary/aromatic N) is 2. The molecule has 1 aromatic carbocycles. The number of aryl methyl sites for hydroxylation is 1. The zero-order valence-corrected chi connectivity index (χ0v) is 12.4. The predicted molar refractivity (Wildman–Crippen MR) is 86.3 cm³/mol. The lowest BCUT2D eigenvalue weighted by Gasteiger charge is -2.18. The van der Waals surface area contributed by atoms with Gasteiger partial charge >= 0.3 is 0 Å². The number of rotatable bonds is 2. The molecule has 2 heterocycles. The van der Waals surface area contributed by atoms with E-state index in [1.165, 1.54) is 0 Å². The molecule has 0 spiro atoms. The molecule has 0 unspecified atom stereocenters. The zero-order chi connectivity index (χ0) is 15.1. The third-order valence-electron chi connectivity index (χ3n) is 3.73. The second-order valence-electron chi connectivity index (χ2n) is 5.15. The molecule has 0 saturated carbocycles. The third-order valence-corrected chi connectivity index (χ3v) is 3.99. The van der Waals surface area contributed by atoms with E-state index in [1.807, 2.05) is 30.3 Å². The molecule has 0 bridgehead atoms. The Morgan fingerprint density at radius 3 is 2.73 bits per heavy atom. The molecule has 1 aliphatic rings. The lowest BCUT2D eigenvalue weighted by molar-refractivity contribution is 0.507. The average Bonchev–Trinajstić information content (AvgIpc) is 2.98. The molecule has 0 radical (unpaired) electrons. The number of nitrogens with one attached hydrogen (secondary N) is 1. The molecule has 0 aliphatic heterocycles. The second-order valence-corrected chi connectivity index (χ2v) is 5.58. The van der Waals surface area contributed by atoms with Crippen molar-refractivity contribution in [1.82, 2.24) is 9.97 Å². The van der Waals surface area contributed by atoms with Crippen molar-refractivity contribution < 1.29 is 4.42 Å². The summed E-state index contributed by atoms with van der Waals surface area (Å²) >= 11 is 5.92. The van der Waals surface area contributed by atoms with Crippen LogP contribution in [0.3, 0.4) is 0 Å². The maximum absolute atomic E-state index is 5.92. The van der Waals surface area contributed by atoms with Gasteiger partial charge in [-0.3, -0.25) is 0 Å². The highest BCUT2D eigenvalue weighted by molar-refractivity contribution is 6.30. The largest absolute Gasteiger partial charge is 0.469 e. The summed E-state index contributed by atoms with van der Waals surface area (Å²) in [7, 11) is 0. The normalized spacial score (nSPS) is 12.6. The lowest BCUT2D eigenvalue weighted by atomic mass is 9.95. The fraction of sp³-hybridized carbons (Fsp3) is 0.125. The van der Waals surface area contributed by atoms with E-state index in [4.69, 9.17) is 21.8 Å². The van der Waals surface area contributed by atoms with Crippen LogP contribution in [0.1, 0.15) is 11.3 Å². The van der Waals surface area contributed by atoms with Crippen LogP contribution in [0.25, 0.3) is 11.3 Å². The van der Waals surface area contributed by atoms with E-state index in [9.17, 15) is 0 Å². The van der Waals surface area contributed by atoms with Crippen molar-refractivity contribution in [3.05, 3.63) is 52.9 Å². The second kappa shape index (κ2) is 5.03. The number of nitrogen functional groups attached to an aromatic ring is 1. The molecule has 22 heavy (non-hydrogen) atoms. The average molecular weight is 313 g/mol. The minimum atomic E-state index is 0.240. The first kappa shape index (κ1) is 13.2. The molecule has 0 atom stereocenters. The highest BCUT2D eigenvalue weighted by atomic mass is 35.5. The van der Waals surface area contributed by atoms with Crippen molar-refractivity contribution in [3.63, 3.8) is 0 Å². The number of anilines is 3. The molecule has 4 rings (SSSR count). The predicted octanol–water partition coefficient (Wildman–Crippen LogP) is 3.81. The van der Waals surface area contributed by atoms with Crippen molar-refractivity contribution in [2.75, 3.05) is 11.1 Å². The van der Waals surface area contributed by atoms with Gasteiger partial charge in [-0.2, -0.15) is 4.98 Å². The van der Waals surface area contributed by atoms with Gasteiger partial charge in [-0.05, 0) is 36.8 Å². The Bertz CT molecular complexity index is 842. The monoisotopic (exact) mass is 312 g/mol. The van der Waals surface area contributed by atoms with E-state index < -0.39 is 0 Å². The molecule has 110 valence electrons. The van der Waals surface area contributed by atoms with Crippen molar-refractivity contribution >= 4 is 29.1 Å². The van der Waals surface area contributed by atoms with Gasteiger partial charge in [0, 0.05) is 28.3 Å². The van der Waals surface area contributed by atoms with Crippen molar-refractivity contribution in [2.45, 2.75) is 12.8 Å². The number of hydrogen-bond donors (Lipinski definition) is 2. The Morgan fingerprint density at radius 2 is 1.91 bits per heavy atom. The summed E-state index contributed by atoms with van der Waals surface area (Å²) in [5.41, 5.74) is 9.67. The molecular formula is C16H13ClN4O. The molecule has 1 aliphatic carbocycles. The van der Waals surface area contributed by atoms with Crippen LogP contribution < -0.4 is 11.1 Å². The molecule has 3 N–H and O–H groups in total. The van der Waals surface area contributed by atoms with Crippen molar-refractivity contribution in [1.29, 1.82) is 0 Å². The lowest BCUT2D eigenvalue weighted by Crippen LogP contribution is -2.11. The van der Waals surface area contributed by atoms with Gasteiger partial charge in [0.05, 0.1) is 12.0 Å². The van der Waals surface area contributed by atoms with E-state index in [0.717, 1.165) is 46.9 Å². The van der Waals surface area contributed by atoms with Crippen molar-refractivity contribution in [3.8, 4) is 11.3 Å². The summed E-state index contributed by atoms with van der Waals surface area (Å²) in [5.74, 6) is 1.92. The Hall–Kier alpha value is -2.53. The fourth-order valence-electron chi connectivity index (χ4n) is 2.72. The number of benzene rings is 1. The molecule has 5 nitrogen and oxygen atoms in total. The third kappa shape index (κ3) is 2.19. The molecule has 0 fully saturated rings. The van der Waals surface area contributed by atoms with Crippen LogP contribution in [0.5, 0.6) is 0 Å². The van der Waals surface area contributed by atoms with Crippen LogP contribution in [-0.4, -0.2) is 9.97 Å². The standard InChI is InChI=1S/C16H13ClN4O/c17-9-1-3-10(4-2-9)19-15-12-5-6-13-11(7-8-22-13)14(12)20-16(18)21-15/h1-4,7-8H,5-6H2,(H3,18,19,20,21). The van der Waals surface area contributed by atoms with Gasteiger partial charge in [-0.15, -0.1) is 0 Å². The maximum Gasteiger partial charge on any atom is 0.222 e. The number of aromatic nitrogens is 2. The summed E-state index contributed by atoms with van der Waals surface area (Å²) in [6.07, 6.45) is 3.33. The van der Waals surface area contributed by atoms with Crippen LogP contribution in [-0.2, 0) is 12.8 Å². The summed E-state index contributed by atoms with van der Waals surface area (Å²) in [6.45, 7) is 0. The molecular weight excluding hydrogens is 300 g/mol.